The van der Waals surface area contributed by atoms with Gasteiger partial charge in [0.1, 0.15) is 29.0 Å². The number of aromatic hydroxyl groups is 1. The Labute approximate surface area is 256 Å². The Balaban J connectivity index is 1.32. The van der Waals surface area contributed by atoms with Crippen LogP contribution >= 0.6 is 0 Å². The van der Waals surface area contributed by atoms with Crippen LogP contribution in [0.15, 0.2) is 60.7 Å². The number of phenols is 1. The van der Waals surface area contributed by atoms with Crippen LogP contribution in [0.1, 0.15) is 51.9 Å². The Hall–Kier alpha value is -4.45. The molecule has 2 saturated heterocycles. The summed E-state index contributed by atoms with van der Waals surface area (Å²) in [5.74, 6) is -8.59. The zero-order valence-corrected chi connectivity index (χ0v) is 24.7. The summed E-state index contributed by atoms with van der Waals surface area (Å²) in [6.45, 7) is 2.66. The molecule has 3 N–H and O–H groups in total. The second kappa shape index (κ2) is 10.3. The standard InChI is InChI=1S/C33H31F4N3O5/c1-17-11-22(18(2)25(41)12-17)28(43)38-32(14-23(32)19-8-6-9-21(34)13-19)27(42)30(45)39-16-33(36,37)31(3)26(39)29(44)40(31)15-20-7-4-5-10-24(20)35/h4-13,23,26-27,41-42H,14-16H2,1-3H3,(H,38,43)/t23?,26-,27?,31?,32+/m1/s1. The molecule has 3 aliphatic rings. The predicted molar refractivity (Wildman–Crippen MR) is 153 cm³/mol. The average molecular weight is 626 g/mol. The van der Waals surface area contributed by atoms with Crippen molar-refractivity contribution in [1.29, 1.82) is 0 Å². The highest BCUT2D eigenvalue weighted by Gasteiger charge is 2.78. The highest BCUT2D eigenvalue weighted by atomic mass is 19.3. The molecule has 3 aromatic carbocycles. The molecule has 236 valence electrons. The van der Waals surface area contributed by atoms with E-state index in [1.165, 1.54) is 55.5 Å². The minimum absolute atomic E-state index is 0.0289. The third kappa shape index (κ3) is 4.56. The van der Waals surface area contributed by atoms with Crippen molar-refractivity contribution in [1.82, 2.24) is 15.1 Å². The molecule has 3 aromatic rings. The number of alkyl halides is 2. The molecule has 2 aliphatic heterocycles. The number of β-lactam (4-membered cyclic amide) rings is 1. The van der Waals surface area contributed by atoms with Gasteiger partial charge in [0.15, 0.2) is 6.10 Å². The number of phenolic OH excluding ortho intramolecular Hbond substituents is 1. The van der Waals surface area contributed by atoms with Gasteiger partial charge in [0.2, 0.25) is 5.91 Å². The number of nitrogens with zero attached hydrogens (tertiary/aromatic N) is 2. The van der Waals surface area contributed by atoms with Crippen LogP contribution < -0.4 is 5.32 Å². The first-order chi connectivity index (χ1) is 21.1. The minimum atomic E-state index is -3.62. The Morgan fingerprint density at radius 1 is 1.07 bits per heavy atom. The van der Waals surface area contributed by atoms with Crippen LogP contribution in [0.4, 0.5) is 17.6 Å². The lowest BCUT2D eigenvalue weighted by Gasteiger charge is -2.54. The number of hydrogen-bond donors (Lipinski definition) is 3. The van der Waals surface area contributed by atoms with Gasteiger partial charge in [-0.15, -0.1) is 0 Å². The number of amides is 3. The minimum Gasteiger partial charge on any atom is -0.508 e. The molecular weight excluding hydrogens is 594 g/mol. The van der Waals surface area contributed by atoms with E-state index in [1.807, 2.05) is 0 Å². The number of aryl methyl sites for hydroxylation is 1. The number of carbonyl (C=O) groups excluding carboxylic acids is 3. The number of benzene rings is 3. The van der Waals surface area contributed by atoms with Crippen LogP contribution in [0.5, 0.6) is 5.75 Å². The maximum atomic E-state index is 15.7. The number of nitrogens with one attached hydrogen (secondary N) is 1. The SMILES string of the molecule is Cc1cc(O)c(C)c(C(=O)N[C@@]2(C(O)C(=O)N3CC(F)(F)C4(C)[C@H]3C(=O)N4Cc3ccccc3F)CC2c2cccc(F)c2)c1. The van der Waals surface area contributed by atoms with E-state index in [9.17, 15) is 33.4 Å². The number of aliphatic hydroxyl groups is 1. The fraction of sp³-hybridized carbons (Fsp3) is 0.364. The van der Waals surface area contributed by atoms with Gasteiger partial charge in [-0.2, -0.15) is 0 Å². The van der Waals surface area contributed by atoms with Gasteiger partial charge in [0, 0.05) is 29.2 Å². The van der Waals surface area contributed by atoms with E-state index < -0.39 is 77.5 Å². The Kier molecular flexibility index (Phi) is 7.00. The van der Waals surface area contributed by atoms with Crippen LogP contribution in [-0.4, -0.2) is 73.4 Å². The average Bonchev–Trinajstić information content (AvgIpc) is 3.67. The summed E-state index contributed by atoms with van der Waals surface area (Å²) in [5, 5.41) is 24.5. The fourth-order valence-electron chi connectivity index (χ4n) is 6.90. The largest absolute Gasteiger partial charge is 0.508 e. The molecule has 2 heterocycles. The Morgan fingerprint density at radius 3 is 2.47 bits per heavy atom. The number of fused-ring (bicyclic) bond motifs is 1. The maximum absolute atomic E-state index is 15.7. The van der Waals surface area contributed by atoms with Gasteiger partial charge in [0.25, 0.3) is 17.7 Å². The van der Waals surface area contributed by atoms with Gasteiger partial charge in [0.05, 0.1) is 12.1 Å². The fourth-order valence-corrected chi connectivity index (χ4v) is 6.90. The van der Waals surface area contributed by atoms with Gasteiger partial charge in [-0.05, 0) is 68.7 Å². The van der Waals surface area contributed by atoms with Gasteiger partial charge >= 0.3 is 0 Å². The van der Waals surface area contributed by atoms with E-state index in [0.717, 1.165) is 17.9 Å². The van der Waals surface area contributed by atoms with Crippen molar-refractivity contribution in [2.24, 2.45) is 0 Å². The Morgan fingerprint density at radius 2 is 1.78 bits per heavy atom. The summed E-state index contributed by atoms with van der Waals surface area (Å²) in [7, 11) is 0. The molecule has 5 atom stereocenters. The predicted octanol–water partition coefficient (Wildman–Crippen LogP) is 3.95. The van der Waals surface area contributed by atoms with Crippen LogP contribution in [0.2, 0.25) is 0 Å². The third-order valence-electron chi connectivity index (χ3n) is 9.68. The van der Waals surface area contributed by atoms with Gasteiger partial charge in [-0.3, -0.25) is 14.4 Å². The second-order valence-corrected chi connectivity index (χ2v) is 12.4. The quantitative estimate of drug-likeness (QED) is 0.272. The van der Waals surface area contributed by atoms with E-state index in [0.29, 0.717) is 16.0 Å². The summed E-state index contributed by atoms with van der Waals surface area (Å²) < 4.78 is 59.9. The third-order valence-corrected chi connectivity index (χ3v) is 9.68. The van der Waals surface area contributed by atoms with Gasteiger partial charge in [-0.25, -0.2) is 17.6 Å². The van der Waals surface area contributed by atoms with Crippen LogP contribution in [0, 0.1) is 25.5 Å². The monoisotopic (exact) mass is 625 g/mol. The maximum Gasteiger partial charge on any atom is 0.290 e. The zero-order chi connectivity index (χ0) is 32.6. The number of likely N-dealkylation sites (tertiary alicyclic amines) is 2. The molecule has 3 fully saturated rings. The van der Waals surface area contributed by atoms with Crippen molar-refractivity contribution in [3.8, 4) is 5.75 Å². The lowest BCUT2D eigenvalue weighted by molar-refractivity contribution is -0.193. The van der Waals surface area contributed by atoms with Crippen molar-refractivity contribution in [2.75, 3.05) is 6.54 Å². The topological polar surface area (TPSA) is 110 Å². The van der Waals surface area contributed by atoms with E-state index in [2.05, 4.69) is 5.32 Å². The molecular formula is C33H31F4N3O5. The zero-order valence-electron chi connectivity index (χ0n) is 24.7. The number of aliphatic hydroxyl groups excluding tert-OH is 1. The van der Waals surface area contributed by atoms with Crippen molar-refractivity contribution in [3.05, 3.63) is 100 Å². The smallest absolute Gasteiger partial charge is 0.290 e. The molecule has 1 aliphatic carbocycles. The lowest BCUT2D eigenvalue weighted by Crippen LogP contribution is -2.78. The van der Waals surface area contributed by atoms with Crippen molar-refractivity contribution < 1.29 is 42.2 Å². The van der Waals surface area contributed by atoms with Crippen molar-refractivity contribution >= 4 is 17.7 Å². The molecule has 45 heavy (non-hydrogen) atoms. The van der Waals surface area contributed by atoms with E-state index in [1.54, 1.807) is 13.0 Å². The molecule has 6 rings (SSSR count). The summed E-state index contributed by atoms with van der Waals surface area (Å²) in [6.07, 6.45) is -2.13. The van der Waals surface area contributed by atoms with Crippen LogP contribution in [-0.2, 0) is 16.1 Å². The van der Waals surface area contributed by atoms with Crippen LogP contribution in [0.25, 0.3) is 0 Å². The summed E-state index contributed by atoms with van der Waals surface area (Å²) in [4.78, 5) is 42.2. The Bertz CT molecular complexity index is 1750. The normalized spacial score (nSPS) is 27.1. The molecule has 8 nitrogen and oxygen atoms in total. The molecule has 0 aromatic heterocycles. The van der Waals surface area contributed by atoms with Crippen molar-refractivity contribution in [2.45, 2.75) is 68.8 Å². The molecule has 3 unspecified atom stereocenters. The highest BCUT2D eigenvalue weighted by Crippen LogP contribution is 2.57. The number of carbonyl (C=O) groups is 3. The lowest BCUT2D eigenvalue weighted by atomic mass is 9.77. The first-order valence-electron chi connectivity index (χ1n) is 14.4. The molecule has 0 bridgehead atoms. The number of hydrogen-bond acceptors (Lipinski definition) is 5. The summed E-state index contributed by atoms with van der Waals surface area (Å²) in [6, 6.07) is 12.2. The molecule has 0 radical (unpaired) electrons. The van der Waals surface area contributed by atoms with Gasteiger partial charge < -0.3 is 25.3 Å². The van der Waals surface area contributed by atoms with E-state index in [4.69, 9.17) is 0 Å². The molecule has 3 amide bonds. The first-order valence-corrected chi connectivity index (χ1v) is 14.4. The number of rotatable bonds is 7. The second-order valence-electron chi connectivity index (χ2n) is 12.4. The van der Waals surface area contributed by atoms with Crippen LogP contribution in [0.3, 0.4) is 0 Å². The van der Waals surface area contributed by atoms with Crippen molar-refractivity contribution in [3.63, 3.8) is 0 Å². The molecule has 12 heteroatoms. The molecule has 1 saturated carbocycles. The summed E-state index contributed by atoms with van der Waals surface area (Å²) in [5.41, 5.74) is -2.66. The molecule has 0 spiro atoms. The van der Waals surface area contributed by atoms with Gasteiger partial charge in [-0.1, -0.05) is 30.3 Å². The first kappa shape index (κ1) is 30.6. The summed E-state index contributed by atoms with van der Waals surface area (Å²) >= 11 is 0. The number of halogens is 4. The van der Waals surface area contributed by atoms with E-state index >= 15 is 8.78 Å². The highest BCUT2D eigenvalue weighted by molar-refractivity contribution is 6.00. The van der Waals surface area contributed by atoms with E-state index in [-0.39, 0.29) is 28.9 Å².